The molecule has 0 N–H and O–H groups in total. The maximum Gasteiger partial charge on any atom is 0.302 e. The highest BCUT2D eigenvalue weighted by molar-refractivity contribution is 5.66. The van der Waals surface area contributed by atoms with Crippen molar-refractivity contribution in [3.63, 3.8) is 0 Å². The van der Waals surface area contributed by atoms with E-state index in [9.17, 15) is 4.79 Å². The van der Waals surface area contributed by atoms with Crippen molar-refractivity contribution in [3.05, 3.63) is 12.7 Å². The fourth-order valence-electron chi connectivity index (χ4n) is 2.64. The lowest BCUT2D eigenvalue weighted by molar-refractivity contribution is -0.147. The summed E-state index contributed by atoms with van der Waals surface area (Å²) in [6.07, 6.45) is 17.5. The average Bonchev–Trinajstić information content (AvgIpc) is 2.45. The average molecular weight is 295 g/mol. The fourth-order valence-corrected chi connectivity index (χ4v) is 2.64. The van der Waals surface area contributed by atoms with Crippen LogP contribution in [0.4, 0.5) is 0 Å². The summed E-state index contributed by atoms with van der Waals surface area (Å²) in [4.78, 5) is 11.1. The lowest BCUT2D eigenvalue weighted by atomic mass is 10.0. The van der Waals surface area contributed by atoms with Crippen molar-refractivity contribution < 1.29 is 9.53 Å². The van der Waals surface area contributed by atoms with Crippen LogP contribution in [0.3, 0.4) is 0 Å². The van der Waals surface area contributed by atoms with Crippen LogP contribution in [0.25, 0.3) is 0 Å². The van der Waals surface area contributed by atoms with E-state index in [1.165, 1.54) is 71.1 Å². The summed E-state index contributed by atoms with van der Waals surface area (Å²) in [7, 11) is 0. The maximum atomic E-state index is 11.1. The molecule has 0 heterocycles. The molecule has 21 heavy (non-hydrogen) atoms. The Hall–Kier alpha value is -0.790. The van der Waals surface area contributed by atoms with E-state index in [1.54, 1.807) is 6.08 Å². The zero-order valence-corrected chi connectivity index (χ0v) is 14.2. The second kappa shape index (κ2) is 15.6. The van der Waals surface area contributed by atoms with Crippen LogP contribution in [-0.2, 0) is 9.53 Å². The van der Waals surface area contributed by atoms with E-state index in [0.29, 0.717) is 0 Å². The van der Waals surface area contributed by atoms with Crippen molar-refractivity contribution >= 4 is 5.97 Å². The van der Waals surface area contributed by atoms with Crippen LogP contribution in [0.15, 0.2) is 6.08 Å². The van der Waals surface area contributed by atoms with Crippen molar-refractivity contribution in [1.29, 1.82) is 0 Å². The molecule has 0 bridgehead atoms. The number of unbranched alkanes of at least 4 members (excludes halogenated alkanes) is 9. The summed E-state index contributed by atoms with van der Waals surface area (Å²) in [5, 5.41) is 0. The predicted molar refractivity (Wildman–Crippen MR) is 90.1 cm³/mol. The topological polar surface area (TPSA) is 26.3 Å². The Morgan fingerprint density at radius 2 is 1.48 bits per heavy atom. The van der Waals surface area contributed by atoms with Crippen molar-refractivity contribution in [2.45, 2.75) is 103 Å². The van der Waals surface area contributed by atoms with Gasteiger partial charge in [-0.25, -0.2) is 0 Å². The highest BCUT2D eigenvalue weighted by Crippen LogP contribution is 2.16. The van der Waals surface area contributed by atoms with Gasteiger partial charge in [-0.2, -0.15) is 0 Å². The van der Waals surface area contributed by atoms with Gasteiger partial charge in [-0.1, -0.05) is 64.5 Å². The van der Waals surface area contributed by atoms with Crippen LogP contribution in [0, 0.1) is 6.58 Å². The number of hydrogen-bond acceptors (Lipinski definition) is 2. The van der Waals surface area contributed by atoms with E-state index in [-0.39, 0.29) is 12.1 Å². The lowest BCUT2D eigenvalue weighted by Gasteiger charge is -2.17. The van der Waals surface area contributed by atoms with Gasteiger partial charge in [0.15, 0.2) is 0 Å². The van der Waals surface area contributed by atoms with Crippen LogP contribution >= 0.6 is 0 Å². The monoisotopic (exact) mass is 295 g/mol. The Morgan fingerprint density at radius 1 is 0.952 bits per heavy atom. The molecular formula is C19H35O2. The second-order valence-electron chi connectivity index (χ2n) is 6.02. The van der Waals surface area contributed by atoms with E-state index in [2.05, 4.69) is 6.92 Å². The number of carbonyl (C=O) groups excluding carboxylic acids is 1. The number of carbonyl (C=O) groups is 1. The molecule has 1 radical (unpaired) electrons. The number of ether oxygens (including phenoxy) is 1. The van der Waals surface area contributed by atoms with Crippen molar-refractivity contribution in [2.24, 2.45) is 0 Å². The van der Waals surface area contributed by atoms with Gasteiger partial charge in [-0.3, -0.25) is 4.79 Å². The second-order valence-corrected chi connectivity index (χ2v) is 6.02. The molecule has 0 aromatic heterocycles. The molecule has 0 aromatic carbocycles. The molecule has 1 unspecified atom stereocenters. The quantitative estimate of drug-likeness (QED) is 0.273. The Balaban J connectivity index is 3.60. The molecule has 2 heteroatoms. The lowest BCUT2D eigenvalue weighted by Crippen LogP contribution is -2.16. The zero-order chi connectivity index (χ0) is 15.8. The minimum Gasteiger partial charge on any atom is -0.463 e. The van der Waals surface area contributed by atoms with E-state index in [1.807, 2.05) is 0 Å². The van der Waals surface area contributed by atoms with Crippen LogP contribution < -0.4 is 0 Å². The first kappa shape index (κ1) is 20.2. The summed E-state index contributed by atoms with van der Waals surface area (Å²) in [5.74, 6) is -0.131. The predicted octanol–water partition coefficient (Wildman–Crippen LogP) is 6.00. The van der Waals surface area contributed by atoms with E-state index in [0.717, 1.165) is 19.3 Å². The fraction of sp³-hybridized carbons (Fsp3) is 0.842. The van der Waals surface area contributed by atoms with Gasteiger partial charge in [0.25, 0.3) is 0 Å². The van der Waals surface area contributed by atoms with E-state index in [4.69, 9.17) is 11.3 Å². The van der Waals surface area contributed by atoms with E-state index < -0.39 is 0 Å². The van der Waals surface area contributed by atoms with Gasteiger partial charge in [0, 0.05) is 6.92 Å². The normalized spacial score (nSPS) is 12.1. The first-order valence-electron chi connectivity index (χ1n) is 8.91. The Kier molecular flexibility index (Phi) is 15.0. The van der Waals surface area contributed by atoms with Gasteiger partial charge < -0.3 is 4.74 Å². The molecule has 0 amide bonds. The van der Waals surface area contributed by atoms with Crippen molar-refractivity contribution in [1.82, 2.24) is 0 Å². The first-order chi connectivity index (χ1) is 10.2. The van der Waals surface area contributed by atoms with Crippen LogP contribution in [0.5, 0.6) is 0 Å². The summed E-state index contributed by atoms with van der Waals surface area (Å²) in [6, 6.07) is 0. The summed E-state index contributed by atoms with van der Waals surface area (Å²) < 4.78 is 5.43. The largest absolute Gasteiger partial charge is 0.463 e. The molecule has 2 nitrogen and oxygen atoms in total. The summed E-state index contributed by atoms with van der Waals surface area (Å²) in [5.41, 5.74) is 0. The molecule has 0 aliphatic heterocycles. The molecule has 0 spiro atoms. The number of allylic oxidation sites excluding steroid dienone is 1. The van der Waals surface area contributed by atoms with Gasteiger partial charge in [0.05, 0.1) is 0 Å². The molecule has 0 aliphatic rings. The molecular weight excluding hydrogens is 260 g/mol. The smallest absolute Gasteiger partial charge is 0.302 e. The number of hydrogen-bond donors (Lipinski definition) is 0. The minimum absolute atomic E-state index is 0.131. The third kappa shape index (κ3) is 15.4. The molecule has 0 aliphatic carbocycles. The number of rotatable bonds is 15. The highest BCUT2D eigenvalue weighted by atomic mass is 16.5. The first-order valence-corrected chi connectivity index (χ1v) is 8.91. The third-order valence-corrected chi connectivity index (χ3v) is 3.86. The third-order valence-electron chi connectivity index (χ3n) is 3.86. The van der Waals surface area contributed by atoms with Gasteiger partial charge >= 0.3 is 5.97 Å². The molecule has 0 fully saturated rings. The Bertz CT molecular complexity index is 248. The van der Waals surface area contributed by atoms with Crippen molar-refractivity contribution in [3.8, 4) is 0 Å². The molecule has 1 atom stereocenters. The molecule has 123 valence electrons. The van der Waals surface area contributed by atoms with Gasteiger partial charge in [-0.15, -0.1) is 0 Å². The number of esters is 1. The van der Waals surface area contributed by atoms with Crippen LogP contribution in [-0.4, -0.2) is 12.1 Å². The Morgan fingerprint density at radius 3 is 2.00 bits per heavy atom. The summed E-state index contributed by atoms with van der Waals surface area (Å²) >= 11 is 0. The standard InChI is InChI=1S/C19H35O2/c1-4-6-8-10-11-12-13-15-17-19(21-18(3)20)16-14-9-7-5-2/h1,4,19H,5-17H2,2-3H3. The minimum atomic E-state index is -0.131. The maximum absolute atomic E-state index is 11.1. The highest BCUT2D eigenvalue weighted by Gasteiger charge is 2.11. The molecule has 0 aromatic rings. The van der Waals surface area contributed by atoms with Gasteiger partial charge in [0.2, 0.25) is 0 Å². The SMILES string of the molecule is [CH]=CCCCCCCCCC(CCCCCC)OC(C)=O. The molecule has 0 rings (SSSR count). The zero-order valence-electron chi connectivity index (χ0n) is 14.2. The van der Waals surface area contributed by atoms with E-state index >= 15 is 0 Å². The van der Waals surface area contributed by atoms with Gasteiger partial charge in [0.1, 0.15) is 6.10 Å². The Labute approximate surface area is 132 Å². The van der Waals surface area contributed by atoms with Gasteiger partial charge in [-0.05, 0) is 38.5 Å². The molecule has 0 saturated heterocycles. The van der Waals surface area contributed by atoms with Crippen LogP contribution in [0.2, 0.25) is 0 Å². The van der Waals surface area contributed by atoms with Crippen LogP contribution in [0.1, 0.15) is 97.3 Å². The molecule has 0 saturated carbocycles. The van der Waals surface area contributed by atoms with Crippen molar-refractivity contribution in [2.75, 3.05) is 0 Å². The summed E-state index contributed by atoms with van der Waals surface area (Å²) in [6.45, 7) is 9.10.